The van der Waals surface area contributed by atoms with Gasteiger partial charge in [0.1, 0.15) is 18.4 Å². The van der Waals surface area contributed by atoms with Gasteiger partial charge in [-0.2, -0.15) is 15.8 Å². The molecule has 1 heterocycles. The molecule has 2 aromatic rings. The van der Waals surface area contributed by atoms with Crippen LogP contribution in [0.25, 0.3) is 0 Å². The Morgan fingerprint density at radius 3 is 2.46 bits per heavy atom. The van der Waals surface area contributed by atoms with Crippen LogP contribution in [0, 0.1) is 45.3 Å². The van der Waals surface area contributed by atoms with Crippen molar-refractivity contribution in [3.05, 3.63) is 88.6 Å². The number of carbonyl (C=O) groups excluding carboxylic acids is 1. The minimum absolute atomic E-state index is 0.0801. The van der Waals surface area contributed by atoms with E-state index >= 15 is 0 Å². The highest BCUT2D eigenvalue weighted by molar-refractivity contribution is 5.69. The van der Waals surface area contributed by atoms with Gasteiger partial charge in [-0.15, -0.1) is 0 Å². The number of hydrogen-bond acceptors (Lipinski definition) is 7. The van der Waals surface area contributed by atoms with Gasteiger partial charge >= 0.3 is 6.09 Å². The Labute approximate surface area is 203 Å². The minimum Gasteiger partial charge on any atom is -0.496 e. The van der Waals surface area contributed by atoms with E-state index in [1.165, 1.54) is 12.0 Å². The average molecular weight is 466 g/mol. The van der Waals surface area contributed by atoms with Gasteiger partial charge in [-0.25, -0.2) is 4.79 Å². The standard InChI is InChI=1S/C27H23N5O3/c1-34-23-10-6-5-9-20(23)24-22-14-32(26(33)35-15-18-7-3-2-4-8-18)12-11-19(22)21(13-28)25(31)27(24,16-29)17-30/h2-11,22,24H,12,14-15,31H2,1H3/t22-,24-/m0/s1. The SMILES string of the molecule is COc1ccccc1[C@H]1[C@H]2CN(C(=O)OCc3ccccc3)CC=C2C(C#N)=C(N)C1(C#N)C#N. The molecule has 2 atom stereocenters. The number of amides is 1. The average Bonchev–Trinajstić information content (AvgIpc) is 2.91. The molecule has 0 bridgehead atoms. The molecule has 1 amide bonds. The third-order valence-electron chi connectivity index (χ3n) is 6.60. The molecule has 0 spiro atoms. The zero-order valence-corrected chi connectivity index (χ0v) is 19.1. The van der Waals surface area contributed by atoms with Crippen molar-refractivity contribution < 1.29 is 14.3 Å². The number of carbonyl (C=O) groups is 1. The van der Waals surface area contributed by atoms with E-state index in [0.29, 0.717) is 16.9 Å². The third kappa shape index (κ3) is 3.94. The lowest BCUT2D eigenvalue weighted by Crippen LogP contribution is -2.49. The van der Waals surface area contributed by atoms with Crippen LogP contribution in [0.15, 0.2) is 77.5 Å². The first-order chi connectivity index (χ1) is 17.0. The van der Waals surface area contributed by atoms with Gasteiger partial charge in [-0.05, 0) is 17.2 Å². The van der Waals surface area contributed by atoms with Crippen LogP contribution < -0.4 is 10.5 Å². The summed E-state index contributed by atoms with van der Waals surface area (Å²) in [5.41, 5.74) is 6.64. The van der Waals surface area contributed by atoms with Gasteiger partial charge in [-0.3, -0.25) is 0 Å². The van der Waals surface area contributed by atoms with Gasteiger partial charge in [0.2, 0.25) is 0 Å². The predicted molar refractivity (Wildman–Crippen MR) is 126 cm³/mol. The van der Waals surface area contributed by atoms with Gasteiger partial charge < -0.3 is 20.1 Å². The quantitative estimate of drug-likeness (QED) is 0.726. The molecule has 8 nitrogen and oxygen atoms in total. The fourth-order valence-corrected chi connectivity index (χ4v) is 4.91. The molecular weight excluding hydrogens is 442 g/mol. The second-order valence-electron chi connectivity index (χ2n) is 8.36. The molecule has 174 valence electrons. The van der Waals surface area contributed by atoms with Gasteiger partial charge in [0.25, 0.3) is 0 Å². The minimum atomic E-state index is -1.82. The second kappa shape index (κ2) is 9.63. The van der Waals surface area contributed by atoms with Crippen LogP contribution in [0.4, 0.5) is 4.79 Å². The molecule has 0 unspecified atom stereocenters. The number of fused-ring (bicyclic) bond motifs is 1. The molecule has 2 aliphatic rings. The van der Waals surface area contributed by atoms with Crippen LogP contribution in [0.2, 0.25) is 0 Å². The third-order valence-corrected chi connectivity index (χ3v) is 6.60. The molecule has 0 saturated heterocycles. The van der Waals surface area contributed by atoms with Crippen LogP contribution in [-0.4, -0.2) is 31.2 Å². The zero-order valence-electron chi connectivity index (χ0n) is 19.1. The van der Waals surface area contributed by atoms with Crippen molar-refractivity contribution in [2.45, 2.75) is 12.5 Å². The summed E-state index contributed by atoms with van der Waals surface area (Å²) in [5.74, 6) is -0.837. The lowest BCUT2D eigenvalue weighted by Gasteiger charge is -2.45. The Morgan fingerprint density at radius 1 is 1.11 bits per heavy atom. The molecule has 0 fully saturated rings. The summed E-state index contributed by atoms with van der Waals surface area (Å²) in [6.45, 7) is 0.471. The summed E-state index contributed by atoms with van der Waals surface area (Å²) >= 11 is 0. The van der Waals surface area contributed by atoms with E-state index in [2.05, 4.69) is 18.2 Å². The van der Waals surface area contributed by atoms with Crippen LogP contribution in [0.3, 0.4) is 0 Å². The van der Waals surface area contributed by atoms with Crippen LogP contribution in [-0.2, 0) is 11.3 Å². The number of hydrogen-bond donors (Lipinski definition) is 1. The summed E-state index contributed by atoms with van der Waals surface area (Å²) in [6.07, 6.45) is 1.23. The Kier molecular flexibility index (Phi) is 6.44. The van der Waals surface area contributed by atoms with Gasteiger partial charge in [0, 0.05) is 30.5 Å². The van der Waals surface area contributed by atoms with Crippen LogP contribution in [0.1, 0.15) is 17.0 Å². The number of nitriles is 3. The number of allylic oxidation sites excluding steroid dienone is 2. The number of benzene rings is 2. The van der Waals surface area contributed by atoms with E-state index in [1.54, 1.807) is 30.3 Å². The van der Waals surface area contributed by atoms with Crippen molar-refractivity contribution in [2.75, 3.05) is 20.2 Å². The van der Waals surface area contributed by atoms with Crippen molar-refractivity contribution in [3.63, 3.8) is 0 Å². The number of rotatable bonds is 4. The first kappa shape index (κ1) is 23.4. The first-order valence-electron chi connectivity index (χ1n) is 11.0. The molecule has 0 saturated carbocycles. The highest BCUT2D eigenvalue weighted by Gasteiger charge is 2.55. The molecule has 4 rings (SSSR count). The zero-order chi connectivity index (χ0) is 25.0. The lowest BCUT2D eigenvalue weighted by atomic mass is 9.58. The molecule has 1 aliphatic heterocycles. The molecule has 1 aliphatic carbocycles. The van der Waals surface area contributed by atoms with Crippen molar-refractivity contribution in [2.24, 2.45) is 17.1 Å². The molecule has 2 aromatic carbocycles. The number of nitrogens with two attached hydrogens (primary N) is 1. The number of ether oxygens (including phenoxy) is 2. The van der Waals surface area contributed by atoms with E-state index in [-0.39, 0.29) is 31.0 Å². The predicted octanol–water partition coefficient (Wildman–Crippen LogP) is 3.76. The Hall–Kier alpha value is -4.74. The largest absolute Gasteiger partial charge is 0.496 e. The maximum Gasteiger partial charge on any atom is 0.410 e. The molecule has 8 heteroatoms. The van der Waals surface area contributed by atoms with E-state index in [0.717, 1.165) is 5.56 Å². The van der Waals surface area contributed by atoms with Crippen LogP contribution in [0.5, 0.6) is 5.75 Å². The van der Waals surface area contributed by atoms with E-state index in [4.69, 9.17) is 15.2 Å². The fourth-order valence-electron chi connectivity index (χ4n) is 4.91. The number of methoxy groups -OCH3 is 1. The molecule has 2 N–H and O–H groups in total. The first-order valence-corrected chi connectivity index (χ1v) is 11.0. The summed E-state index contributed by atoms with van der Waals surface area (Å²) in [5, 5.41) is 30.4. The summed E-state index contributed by atoms with van der Waals surface area (Å²) in [6, 6.07) is 22.7. The highest BCUT2D eigenvalue weighted by Crippen LogP contribution is 2.55. The second-order valence-corrected chi connectivity index (χ2v) is 8.36. The number of nitrogens with zero attached hydrogens (tertiary/aromatic N) is 4. The molecular formula is C27H23N5O3. The molecule has 0 aromatic heterocycles. The fraction of sp³-hybridized carbons (Fsp3) is 0.259. The Bertz CT molecular complexity index is 1310. The van der Waals surface area contributed by atoms with Gasteiger partial charge in [0.15, 0.2) is 5.41 Å². The topological polar surface area (TPSA) is 136 Å². The van der Waals surface area contributed by atoms with E-state index < -0.39 is 23.3 Å². The van der Waals surface area contributed by atoms with Crippen molar-refractivity contribution in [3.8, 4) is 24.0 Å². The lowest BCUT2D eigenvalue weighted by molar-refractivity contribution is 0.0897. The Balaban J connectivity index is 1.76. The number of para-hydroxylation sites is 1. The summed E-state index contributed by atoms with van der Waals surface area (Å²) < 4.78 is 11.1. The monoisotopic (exact) mass is 465 g/mol. The van der Waals surface area contributed by atoms with Crippen molar-refractivity contribution in [1.82, 2.24) is 4.90 Å². The van der Waals surface area contributed by atoms with Gasteiger partial charge in [-0.1, -0.05) is 54.6 Å². The maximum absolute atomic E-state index is 12.9. The smallest absolute Gasteiger partial charge is 0.410 e. The normalized spacial score (nSPS) is 20.4. The summed E-state index contributed by atoms with van der Waals surface area (Å²) in [7, 11) is 1.51. The Morgan fingerprint density at radius 2 is 1.80 bits per heavy atom. The van der Waals surface area contributed by atoms with Gasteiger partial charge in [0.05, 0.1) is 30.5 Å². The highest BCUT2D eigenvalue weighted by atomic mass is 16.6. The molecule has 0 radical (unpaired) electrons. The van der Waals surface area contributed by atoms with Crippen LogP contribution >= 0.6 is 0 Å². The maximum atomic E-state index is 12.9. The summed E-state index contributed by atoms with van der Waals surface area (Å²) in [4.78, 5) is 14.5. The van der Waals surface area contributed by atoms with Crippen molar-refractivity contribution in [1.29, 1.82) is 15.8 Å². The van der Waals surface area contributed by atoms with E-state index in [9.17, 15) is 20.6 Å². The van der Waals surface area contributed by atoms with E-state index in [1.807, 2.05) is 30.3 Å². The van der Waals surface area contributed by atoms with Crippen molar-refractivity contribution >= 4 is 6.09 Å². The molecule has 35 heavy (non-hydrogen) atoms.